The summed E-state index contributed by atoms with van der Waals surface area (Å²) in [6.07, 6.45) is 4.46. The molecule has 2 heterocycles. The van der Waals surface area contributed by atoms with Crippen LogP contribution in [0.3, 0.4) is 0 Å². The first-order valence-corrected chi connectivity index (χ1v) is 12.3. The third-order valence-corrected chi connectivity index (χ3v) is 6.80. The van der Waals surface area contributed by atoms with Crippen molar-refractivity contribution in [3.63, 3.8) is 0 Å². The molecule has 0 aliphatic carbocycles. The van der Waals surface area contributed by atoms with Crippen molar-refractivity contribution in [1.82, 2.24) is 9.80 Å². The second kappa shape index (κ2) is 11.3. The van der Waals surface area contributed by atoms with Crippen LogP contribution in [0.4, 0.5) is 4.79 Å². The average Bonchev–Trinajstić information content (AvgIpc) is 3.16. The van der Waals surface area contributed by atoms with E-state index in [0.717, 1.165) is 35.9 Å². The van der Waals surface area contributed by atoms with Gasteiger partial charge in [-0.05, 0) is 79.1 Å². The standard InChI is InChI=1S/C26H26N2O7S/c1-33-19-9-7-18(8-10-19)25(31)35-21-14-17(6-11-20(21)34-2)15-22-24(30)28(26(32)36-22)16-23(29)27-12-4-3-5-13-27/h6-11,14-15H,3-5,12-13,16H2,1-2H3/b22-15-. The zero-order valence-electron chi connectivity index (χ0n) is 20.0. The number of hydrogen-bond acceptors (Lipinski definition) is 8. The van der Waals surface area contributed by atoms with Gasteiger partial charge in [-0.2, -0.15) is 0 Å². The van der Waals surface area contributed by atoms with Crippen LogP contribution in [-0.2, 0) is 9.59 Å². The summed E-state index contributed by atoms with van der Waals surface area (Å²) in [6.45, 7) is 1.03. The van der Waals surface area contributed by atoms with Gasteiger partial charge in [0, 0.05) is 13.1 Å². The van der Waals surface area contributed by atoms with Gasteiger partial charge < -0.3 is 19.1 Å². The molecule has 36 heavy (non-hydrogen) atoms. The highest BCUT2D eigenvalue weighted by Crippen LogP contribution is 2.35. The summed E-state index contributed by atoms with van der Waals surface area (Å²) in [5.74, 6) is -0.249. The van der Waals surface area contributed by atoms with E-state index >= 15 is 0 Å². The predicted molar refractivity (Wildman–Crippen MR) is 134 cm³/mol. The first-order chi connectivity index (χ1) is 17.4. The number of thioether (sulfide) groups is 1. The van der Waals surface area contributed by atoms with E-state index in [-0.39, 0.29) is 23.1 Å². The minimum Gasteiger partial charge on any atom is -0.497 e. The molecule has 0 unspecified atom stereocenters. The Bertz CT molecular complexity index is 1200. The lowest BCUT2D eigenvalue weighted by molar-refractivity contribution is -0.136. The number of nitrogens with zero attached hydrogens (tertiary/aromatic N) is 2. The summed E-state index contributed by atoms with van der Waals surface area (Å²) < 4.78 is 15.9. The fourth-order valence-electron chi connectivity index (χ4n) is 3.91. The normalized spacial score (nSPS) is 16.9. The van der Waals surface area contributed by atoms with Crippen molar-refractivity contribution in [3.8, 4) is 17.2 Å². The lowest BCUT2D eigenvalue weighted by Gasteiger charge is -2.27. The summed E-state index contributed by atoms with van der Waals surface area (Å²) in [6, 6.07) is 11.3. The molecule has 9 nitrogen and oxygen atoms in total. The predicted octanol–water partition coefficient (Wildman–Crippen LogP) is 3.97. The van der Waals surface area contributed by atoms with Crippen molar-refractivity contribution in [2.45, 2.75) is 19.3 Å². The van der Waals surface area contributed by atoms with Gasteiger partial charge in [0.05, 0.1) is 24.7 Å². The minimum absolute atomic E-state index is 0.159. The molecule has 10 heteroatoms. The van der Waals surface area contributed by atoms with Crippen molar-refractivity contribution in [2.24, 2.45) is 0 Å². The van der Waals surface area contributed by atoms with Crippen molar-refractivity contribution < 1.29 is 33.4 Å². The van der Waals surface area contributed by atoms with Crippen molar-refractivity contribution in [2.75, 3.05) is 33.9 Å². The van der Waals surface area contributed by atoms with Crippen LogP contribution in [0.1, 0.15) is 35.2 Å². The van der Waals surface area contributed by atoms with Gasteiger partial charge in [0.15, 0.2) is 11.5 Å². The zero-order valence-corrected chi connectivity index (χ0v) is 20.8. The van der Waals surface area contributed by atoms with Gasteiger partial charge in [0.1, 0.15) is 12.3 Å². The van der Waals surface area contributed by atoms with Crippen molar-refractivity contribution in [3.05, 3.63) is 58.5 Å². The van der Waals surface area contributed by atoms with Crippen LogP contribution in [0.15, 0.2) is 47.4 Å². The molecule has 0 saturated carbocycles. The van der Waals surface area contributed by atoms with Crippen LogP contribution in [0.5, 0.6) is 17.2 Å². The molecule has 0 atom stereocenters. The van der Waals surface area contributed by atoms with Crippen LogP contribution in [0.2, 0.25) is 0 Å². The molecule has 188 valence electrons. The summed E-state index contributed by atoms with van der Waals surface area (Å²) in [4.78, 5) is 53.4. The molecule has 0 aromatic heterocycles. The second-order valence-electron chi connectivity index (χ2n) is 8.24. The number of amides is 3. The Morgan fingerprint density at radius 1 is 0.944 bits per heavy atom. The Morgan fingerprint density at radius 3 is 2.33 bits per heavy atom. The molecule has 3 amide bonds. The number of hydrogen-bond donors (Lipinski definition) is 0. The number of ether oxygens (including phenoxy) is 3. The number of carbonyl (C=O) groups excluding carboxylic acids is 4. The van der Waals surface area contributed by atoms with E-state index in [1.807, 2.05) is 0 Å². The molecule has 0 N–H and O–H groups in total. The second-order valence-corrected chi connectivity index (χ2v) is 9.23. The van der Waals surface area contributed by atoms with Gasteiger partial charge in [-0.1, -0.05) is 6.07 Å². The number of esters is 1. The first-order valence-electron chi connectivity index (χ1n) is 11.5. The van der Waals surface area contributed by atoms with E-state index in [2.05, 4.69) is 0 Å². The highest BCUT2D eigenvalue weighted by atomic mass is 32.2. The van der Waals surface area contributed by atoms with Gasteiger partial charge in [-0.25, -0.2) is 4.79 Å². The van der Waals surface area contributed by atoms with Gasteiger partial charge >= 0.3 is 5.97 Å². The largest absolute Gasteiger partial charge is 0.497 e. The van der Waals surface area contributed by atoms with Gasteiger partial charge in [-0.3, -0.25) is 19.3 Å². The van der Waals surface area contributed by atoms with Crippen LogP contribution in [-0.4, -0.2) is 66.7 Å². The number of methoxy groups -OCH3 is 2. The number of benzene rings is 2. The average molecular weight is 511 g/mol. The highest BCUT2D eigenvalue weighted by molar-refractivity contribution is 8.18. The molecule has 4 rings (SSSR count). The minimum atomic E-state index is -0.593. The molecule has 2 aliphatic heterocycles. The van der Waals surface area contributed by atoms with Crippen LogP contribution in [0.25, 0.3) is 6.08 Å². The van der Waals surface area contributed by atoms with E-state index in [4.69, 9.17) is 14.2 Å². The Labute approximate surface area is 213 Å². The Hall–Kier alpha value is -3.79. The molecular formula is C26H26N2O7S. The molecule has 2 aromatic rings. The molecular weight excluding hydrogens is 484 g/mol. The van der Waals surface area contributed by atoms with E-state index in [9.17, 15) is 19.2 Å². The smallest absolute Gasteiger partial charge is 0.343 e. The number of piperidine rings is 1. The van der Waals surface area contributed by atoms with Crippen LogP contribution >= 0.6 is 11.8 Å². The zero-order chi connectivity index (χ0) is 25.7. The lowest BCUT2D eigenvalue weighted by atomic mass is 10.1. The van der Waals surface area contributed by atoms with Gasteiger partial charge in [0.25, 0.3) is 11.1 Å². The number of imide groups is 1. The van der Waals surface area contributed by atoms with Crippen LogP contribution < -0.4 is 14.2 Å². The highest BCUT2D eigenvalue weighted by Gasteiger charge is 2.37. The fourth-order valence-corrected chi connectivity index (χ4v) is 4.75. The van der Waals surface area contributed by atoms with E-state index in [1.54, 1.807) is 47.4 Å². The van der Waals surface area contributed by atoms with E-state index in [1.165, 1.54) is 20.3 Å². The maximum atomic E-state index is 12.9. The van der Waals surface area contributed by atoms with Gasteiger partial charge in [-0.15, -0.1) is 0 Å². The Morgan fingerprint density at radius 2 is 1.67 bits per heavy atom. The maximum absolute atomic E-state index is 12.9. The topological polar surface area (TPSA) is 102 Å². The molecule has 2 fully saturated rings. The quantitative estimate of drug-likeness (QED) is 0.313. The summed E-state index contributed by atoms with van der Waals surface area (Å²) >= 11 is 0.772. The monoisotopic (exact) mass is 510 g/mol. The first kappa shape index (κ1) is 25.3. The third-order valence-electron chi connectivity index (χ3n) is 5.89. The third kappa shape index (κ3) is 5.71. The van der Waals surface area contributed by atoms with Crippen molar-refractivity contribution in [1.29, 1.82) is 0 Å². The summed E-state index contributed by atoms with van der Waals surface area (Å²) in [5, 5.41) is -0.490. The SMILES string of the molecule is COc1ccc(C(=O)Oc2cc(/C=C3\SC(=O)N(CC(=O)N4CCCCC4)C3=O)ccc2OC)cc1. The number of carbonyl (C=O) groups is 4. The lowest BCUT2D eigenvalue weighted by Crippen LogP contribution is -2.44. The van der Waals surface area contributed by atoms with Gasteiger partial charge in [0.2, 0.25) is 5.91 Å². The Balaban J connectivity index is 1.49. The maximum Gasteiger partial charge on any atom is 0.343 e. The molecule has 2 aromatic carbocycles. The summed E-state index contributed by atoms with van der Waals surface area (Å²) in [5.41, 5.74) is 0.851. The number of likely N-dealkylation sites (tertiary alicyclic amines) is 1. The van der Waals surface area contributed by atoms with E-state index < -0.39 is 17.1 Å². The molecule has 0 radical (unpaired) electrons. The molecule has 2 aliphatic rings. The molecule has 0 bridgehead atoms. The molecule has 0 spiro atoms. The van der Waals surface area contributed by atoms with E-state index in [0.29, 0.717) is 35.7 Å². The van der Waals surface area contributed by atoms with Crippen molar-refractivity contribution >= 4 is 40.9 Å². The number of rotatable bonds is 7. The Kier molecular flexibility index (Phi) is 7.94. The summed E-state index contributed by atoms with van der Waals surface area (Å²) in [7, 11) is 2.98. The fraction of sp³-hybridized carbons (Fsp3) is 0.308. The molecule has 2 saturated heterocycles. The van der Waals surface area contributed by atoms with Crippen LogP contribution in [0, 0.1) is 0 Å².